The lowest BCUT2D eigenvalue weighted by atomic mass is 10.1. The highest BCUT2D eigenvalue weighted by atomic mass is 16.5. The van der Waals surface area contributed by atoms with E-state index in [1.807, 2.05) is 25.1 Å². The maximum atomic E-state index is 9.76. The lowest BCUT2D eigenvalue weighted by Gasteiger charge is -2.21. The molecule has 0 amide bonds. The first-order valence-corrected chi connectivity index (χ1v) is 6.21. The van der Waals surface area contributed by atoms with Crippen molar-refractivity contribution in [3.63, 3.8) is 0 Å². The van der Waals surface area contributed by atoms with Crippen molar-refractivity contribution in [3.8, 4) is 5.75 Å². The van der Waals surface area contributed by atoms with Crippen LogP contribution in [0.1, 0.15) is 43.4 Å². The van der Waals surface area contributed by atoms with Gasteiger partial charge in [-0.15, -0.1) is 0 Å². The van der Waals surface area contributed by atoms with Crippen molar-refractivity contribution in [1.82, 2.24) is 0 Å². The number of rotatable bonds is 3. The fourth-order valence-electron chi connectivity index (χ4n) is 2.30. The maximum Gasteiger partial charge on any atom is 0.125 e. The van der Waals surface area contributed by atoms with Gasteiger partial charge in [-0.2, -0.15) is 0 Å². The van der Waals surface area contributed by atoms with Crippen molar-refractivity contribution in [2.45, 2.75) is 51.4 Å². The fourth-order valence-corrected chi connectivity index (χ4v) is 2.30. The molecule has 2 N–H and O–H groups in total. The Hall–Kier alpha value is -1.06. The Kier molecular flexibility index (Phi) is 3.69. The minimum absolute atomic E-state index is 0.130. The van der Waals surface area contributed by atoms with E-state index in [2.05, 4.69) is 0 Å². The van der Waals surface area contributed by atoms with Crippen LogP contribution in [0, 0.1) is 6.92 Å². The van der Waals surface area contributed by atoms with Gasteiger partial charge in [0.05, 0.1) is 12.2 Å². The van der Waals surface area contributed by atoms with Gasteiger partial charge in [0.1, 0.15) is 11.9 Å². The molecule has 3 nitrogen and oxygen atoms in total. The third-order valence-electron chi connectivity index (χ3n) is 3.32. The van der Waals surface area contributed by atoms with Gasteiger partial charge in [0, 0.05) is 5.56 Å². The summed E-state index contributed by atoms with van der Waals surface area (Å²) in [5.41, 5.74) is 1.88. The minimum Gasteiger partial charge on any atom is -0.487 e. The van der Waals surface area contributed by atoms with Crippen LogP contribution in [-0.4, -0.2) is 22.4 Å². The molecule has 1 aromatic rings. The molecule has 17 heavy (non-hydrogen) atoms. The predicted octanol–water partition coefficient (Wildman–Crippen LogP) is 2.34. The summed E-state index contributed by atoms with van der Waals surface area (Å²) >= 11 is 0. The van der Waals surface area contributed by atoms with E-state index in [0.29, 0.717) is 5.75 Å². The second kappa shape index (κ2) is 5.07. The van der Waals surface area contributed by atoms with Gasteiger partial charge in [-0.25, -0.2) is 0 Å². The Morgan fingerprint density at radius 3 is 2.71 bits per heavy atom. The molecule has 3 atom stereocenters. The van der Waals surface area contributed by atoms with Crippen LogP contribution in [0.5, 0.6) is 5.75 Å². The van der Waals surface area contributed by atoms with Crippen LogP contribution in [0.25, 0.3) is 0 Å². The predicted molar refractivity (Wildman–Crippen MR) is 66.1 cm³/mol. The highest BCUT2D eigenvalue weighted by Crippen LogP contribution is 2.31. The molecule has 0 bridgehead atoms. The smallest absolute Gasteiger partial charge is 0.125 e. The molecule has 2 rings (SSSR count). The molecule has 0 radical (unpaired) electrons. The Bertz CT molecular complexity index is 387. The number of aryl methyl sites for hydroxylation is 1. The van der Waals surface area contributed by atoms with Crippen molar-refractivity contribution in [2.75, 3.05) is 0 Å². The Labute approximate surface area is 102 Å². The third kappa shape index (κ3) is 2.79. The van der Waals surface area contributed by atoms with E-state index >= 15 is 0 Å². The van der Waals surface area contributed by atoms with E-state index in [-0.39, 0.29) is 12.2 Å². The van der Waals surface area contributed by atoms with Crippen molar-refractivity contribution in [3.05, 3.63) is 29.3 Å². The van der Waals surface area contributed by atoms with Gasteiger partial charge in [0.25, 0.3) is 0 Å². The highest BCUT2D eigenvalue weighted by molar-refractivity contribution is 5.38. The van der Waals surface area contributed by atoms with E-state index in [1.54, 1.807) is 6.92 Å². The third-order valence-corrected chi connectivity index (χ3v) is 3.32. The molecular formula is C14H20O3. The van der Waals surface area contributed by atoms with E-state index in [1.165, 1.54) is 0 Å². The summed E-state index contributed by atoms with van der Waals surface area (Å²) in [7, 11) is 0. The molecule has 1 aliphatic rings. The topological polar surface area (TPSA) is 49.7 Å². The lowest BCUT2D eigenvalue weighted by molar-refractivity contribution is 0.0577. The average Bonchev–Trinajstić information content (AvgIpc) is 2.64. The Balaban J connectivity index is 2.21. The Morgan fingerprint density at radius 2 is 2.12 bits per heavy atom. The van der Waals surface area contributed by atoms with E-state index in [9.17, 15) is 10.2 Å². The zero-order chi connectivity index (χ0) is 12.4. The average molecular weight is 236 g/mol. The van der Waals surface area contributed by atoms with Crippen LogP contribution in [0.3, 0.4) is 0 Å². The van der Waals surface area contributed by atoms with Crippen LogP contribution in [-0.2, 0) is 0 Å². The second-order valence-electron chi connectivity index (χ2n) is 4.87. The zero-order valence-electron chi connectivity index (χ0n) is 10.4. The SMILES string of the molecule is Cc1ccc(C(C)O)c(OC2CCCC2O)c1. The molecule has 1 saturated carbocycles. The number of hydrogen-bond donors (Lipinski definition) is 2. The molecule has 0 aliphatic heterocycles. The first-order chi connectivity index (χ1) is 8.08. The molecule has 3 unspecified atom stereocenters. The summed E-state index contributed by atoms with van der Waals surface area (Å²) in [6.45, 7) is 3.71. The van der Waals surface area contributed by atoms with Crippen LogP contribution in [0.15, 0.2) is 18.2 Å². The number of aliphatic hydroxyl groups is 2. The summed E-state index contributed by atoms with van der Waals surface area (Å²) in [5.74, 6) is 0.700. The molecule has 1 fully saturated rings. The largest absolute Gasteiger partial charge is 0.487 e. The molecule has 0 saturated heterocycles. The van der Waals surface area contributed by atoms with Crippen LogP contribution in [0.2, 0.25) is 0 Å². The number of ether oxygens (including phenoxy) is 1. The summed E-state index contributed by atoms with van der Waals surface area (Å²) in [6, 6.07) is 5.77. The molecular weight excluding hydrogens is 216 g/mol. The van der Waals surface area contributed by atoms with Gasteiger partial charge in [-0.3, -0.25) is 0 Å². The highest BCUT2D eigenvalue weighted by Gasteiger charge is 2.27. The molecule has 0 aromatic heterocycles. The number of benzene rings is 1. The minimum atomic E-state index is -0.552. The van der Waals surface area contributed by atoms with E-state index in [4.69, 9.17) is 4.74 Å². The summed E-state index contributed by atoms with van der Waals surface area (Å²) < 4.78 is 5.85. The Morgan fingerprint density at radius 1 is 1.35 bits per heavy atom. The summed E-state index contributed by atoms with van der Waals surface area (Å²) in [5, 5.41) is 19.5. The van der Waals surface area contributed by atoms with Crippen molar-refractivity contribution in [1.29, 1.82) is 0 Å². The molecule has 3 heteroatoms. The van der Waals surface area contributed by atoms with Gasteiger partial charge in [0.2, 0.25) is 0 Å². The van der Waals surface area contributed by atoms with Crippen LogP contribution in [0.4, 0.5) is 0 Å². The first-order valence-electron chi connectivity index (χ1n) is 6.21. The van der Waals surface area contributed by atoms with Gasteiger partial charge >= 0.3 is 0 Å². The number of hydrogen-bond acceptors (Lipinski definition) is 3. The standard InChI is InChI=1S/C14H20O3/c1-9-6-7-11(10(2)15)14(8-9)17-13-5-3-4-12(13)16/h6-8,10,12-13,15-16H,3-5H2,1-2H3. The maximum absolute atomic E-state index is 9.76. The summed E-state index contributed by atoms with van der Waals surface area (Å²) in [4.78, 5) is 0. The summed E-state index contributed by atoms with van der Waals surface area (Å²) in [6.07, 6.45) is 1.63. The quantitative estimate of drug-likeness (QED) is 0.847. The molecule has 1 aromatic carbocycles. The van der Waals surface area contributed by atoms with Gasteiger partial charge in [-0.1, -0.05) is 12.1 Å². The van der Waals surface area contributed by atoms with Crippen molar-refractivity contribution in [2.24, 2.45) is 0 Å². The normalized spacial score (nSPS) is 25.9. The molecule has 0 spiro atoms. The molecule has 94 valence electrons. The van der Waals surface area contributed by atoms with Gasteiger partial charge in [0.15, 0.2) is 0 Å². The van der Waals surface area contributed by atoms with Gasteiger partial charge < -0.3 is 14.9 Å². The fraction of sp³-hybridized carbons (Fsp3) is 0.571. The first kappa shape index (κ1) is 12.4. The van der Waals surface area contributed by atoms with Gasteiger partial charge in [-0.05, 0) is 44.7 Å². The zero-order valence-corrected chi connectivity index (χ0v) is 10.4. The lowest BCUT2D eigenvalue weighted by Crippen LogP contribution is -2.26. The number of aliphatic hydroxyl groups excluding tert-OH is 2. The van der Waals surface area contributed by atoms with E-state index < -0.39 is 6.10 Å². The monoisotopic (exact) mass is 236 g/mol. The van der Waals surface area contributed by atoms with Crippen LogP contribution >= 0.6 is 0 Å². The molecule has 1 aliphatic carbocycles. The molecule has 0 heterocycles. The van der Waals surface area contributed by atoms with Crippen molar-refractivity contribution >= 4 is 0 Å². The van der Waals surface area contributed by atoms with Crippen LogP contribution < -0.4 is 4.74 Å². The van der Waals surface area contributed by atoms with Crippen molar-refractivity contribution < 1.29 is 14.9 Å². The van der Waals surface area contributed by atoms with E-state index in [0.717, 1.165) is 30.4 Å². The second-order valence-corrected chi connectivity index (χ2v) is 4.87.